The normalized spacial score (nSPS) is 16.8. The van der Waals surface area contributed by atoms with Crippen LogP contribution < -0.4 is 20.9 Å². The standard InChI is InChI=1S/C22H21NO2Si/c24-22-23-18(16-25-22)17-26(19-10-4-1-5-11-19,20-12-6-2-7-13-20)21-14-8-3-9-15-21/h1-15,18H,16-17H2,(H,23,24)/t18-/m0/s1. The summed E-state index contributed by atoms with van der Waals surface area (Å²) in [6.45, 7) is 0.431. The number of carbonyl (C=O) groups excluding carboxylic acids is 1. The van der Waals surface area contributed by atoms with E-state index in [2.05, 4.69) is 96.3 Å². The first-order chi connectivity index (χ1) is 12.8. The highest BCUT2D eigenvalue weighted by Gasteiger charge is 2.42. The first-order valence-corrected chi connectivity index (χ1v) is 11.1. The van der Waals surface area contributed by atoms with Gasteiger partial charge in [0.15, 0.2) is 0 Å². The van der Waals surface area contributed by atoms with E-state index in [0.29, 0.717) is 6.61 Å². The third-order valence-electron chi connectivity index (χ3n) is 5.09. The van der Waals surface area contributed by atoms with Crippen molar-refractivity contribution in [3.05, 3.63) is 91.0 Å². The lowest BCUT2D eigenvalue weighted by Gasteiger charge is -2.35. The Bertz CT molecular complexity index is 772. The van der Waals surface area contributed by atoms with Crippen LogP contribution in [0.25, 0.3) is 0 Å². The molecule has 4 rings (SSSR count). The molecular weight excluding hydrogens is 338 g/mol. The van der Waals surface area contributed by atoms with Gasteiger partial charge in [-0.05, 0) is 21.6 Å². The monoisotopic (exact) mass is 359 g/mol. The fraction of sp³-hybridized carbons (Fsp3) is 0.136. The van der Waals surface area contributed by atoms with E-state index in [-0.39, 0.29) is 12.1 Å². The van der Waals surface area contributed by atoms with Crippen molar-refractivity contribution in [2.45, 2.75) is 12.1 Å². The van der Waals surface area contributed by atoms with E-state index in [1.165, 1.54) is 15.6 Å². The predicted octanol–water partition coefficient (Wildman–Crippen LogP) is 2.27. The molecule has 4 heteroatoms. The van der Waals surface area contributed by atoms with Crippen LogP contribution >= 0.6 is 0 Å². The topological polar surface area (TPSA) is 38.3 Å². The molecule has 1 fully saturated rings. The molecule has 1 atom stereocenters. The Balaban J connectivity index is 1.92. The van der Waals surface area contributed by atoms with Crippen molar-refractivity contribution in [3.63, 3.8) is 0 Å². The molecule has 0 bridgehead atoms. The number of cyclic esters (lactones) is 1. The average molecular weight is 360 g/mol. The first kappa shape index (κ1) is 16.6. The van der Waals surface area contributed by atoms with E-state index in [0.717, 1.165) is 6.04 Å². The number of carbonyl (C=O) groups is 1. The second kappa shape index (κ2) is 7.18. The predicted molar refractivity (Wildman–Crippen MR) is 107 cm³/mol. The lowest BCUT2D eigenvalue weighted by atomic mass is 10.3. The van der Waals surface area contributed by atoms with Crippen molar-refractivity contribution in [2.75, 3.05) is 6.61 Å². The van der Waals surface area contributed by atoms with Gasteiger partial charge in [-0.2, -0.15) is 0 Å². The van der Waals surface area contributed by atoms with Crippen molar-refractivity contribution < 1.29 is 9.53 Å². The zero-order valence-corrected chi connectivity index (χ0v) is 15.5. The summed E-state index contributed by atoms with van der Waals surface area (Å²) in [5, 5.41) is 7.03. The van der Waals surface area contributed by atoms with Crippen LogP contribution in [-0.2, 0) is 4.74 Å². The number of hydrogen-bond donors (Lipinski definition) is 1. The Kier molecular flexibility index (Phi) is 4.58. The van der Waals surface area contributed by atoms with Gasteiger partial charge in [0.25, 0.3) is 0 Å². The number of amides is 1. The SMILES string of the molecule is O=C1N[C@H](C[Si](c2ccccc2)(c2ccccc2)c2ccccc2)CO1. The molecule has 26 heavy (non-hydrogen) atoms. The van der Waals surface area contributed by atoms with Crippen molar-refractivity contribution in [1.29, 1.82) is 0 Å². The first-order valence-electron chi connectivity index (χ1n) is 8.89. The van der Waals surface area contributed by atoms with E-state index < -0.39 is 8.07 Å². The van der Waals surface area contributed by atoms with Crippen molar-refractivity contribution in [2.24, 2.45) is 0 Å². The molecule has 0 saturated carbocycles. The maximum atomic E-state index is 11.6. The number of hydrogen-bond acceptors (Lipinski definition) is 2. The lowest BCUT2D eigenvalue weighted by molar-refractivity contribution is 0.177. The zero-order valence-electron chi connectivity index (χ0n) is 14.5. The Morgan fingerprint density at radius 1 is 0.769 bits per heavy atom. The number of rotatable bonds is 5. The molecule has 0 spiro atoms. The Labute approximate surface area is 154 Å². The molecule has 130 valence electrons. The average Bonchev–Trinajstić information content (AvgIpc) is 3.13. The maximum Gasteiger partial charge on any atom is 0.407 e. The van der Waals surface area contributed by atoms with Gasteiger partial charge in [-0.15, -0.1) is 0 Å². The van der Waals surface area contributed by atoms with Crippen LogP contribution in [-0.4, -0.2) is 26.8 Å². The number of nitrogens with one attached hydrogen (secondary N) is 1. The van der Waals surface area contributed by atoms with Gasteiger partial charge in [-0.3, -0.25) is 0 Å². The van der Waals surface area contributed by atoms with Gasteiger partial charge in [0.2, 0.25) is 0 Å². The second-order valence-corrected chi connectivity index (χ2v) is 10.6. The molecule has 1 amide bonds. The van der Waals surface area contributed by atoms with Gasteiger partial charge in [0.1, 0.15) is 14.7 Å². The minimum atomic E-state index is -2.31. The number of alkyl carbamates (subject to hydrolysis) is 1. The summed E-state index contributed by atoms with van der Waals surface area (Å²) in [6, 6.07) is 33.0. The van der Waals surface area contributed by atoms with Gasteiger partial charge in [0.05, 0.1) is 6.04 Å². The van der Waals surface area contributed by atoms with Crippen LogP contribution in [0.1, 0.15) is 0 Å². The minimum absolute atomic E-state index is 0.0229. The highest BCUT2D eigenvalue weighted by Crippen LogP contribution is 2.18. The summed E-state index contributed by atoms with van der Waals surface area (Å²) >= 11 is 0. The molecule has 1 N–H and O–H groups in total. The van der Waals surface area contributed by atoms with Gasteiger partial charge < -0.3 is 10.1 Å². The van der Waals surface area contributed by atoms with E-state index in [1.807, 2.05) is 0 Å². The fourth-order valence-corrected chi connectivity index (χ4v) is 8.88. The molecule has 1 aliphatic heterocycles. The summed E-state index contributed by atoms with van der Waals surface area (Å²) < 4.78 is 5.19. The van der Waals surface area contributed by atoms with Gasteiger partial charge in [-0.25, -0.2) is 4.79 Å². The van der Waals surface area contributed by atoms with Crippen LogP contribution in [0.4, 0.5) is 4.79 Å². The van der Waals surface area contributed by atoms with Crippen LogP contribution in [0.3, 0.4) is 0 Å². The molecular formula is C22H21NO2Si. The summed E-state index contributed by atoms with van der Waals surface area (Å²) in [5.74, 6) is 0. The van der Waals surface area contributed by atoms with Gasteiger partial charge in [0, 0.05) is 0 Å². The highest BCUT2D eigenvalue weighted by atomic mass is 28.3. The van der Waals surface area contributed by atoms with Crippen molar-refractivity contribution >= 4 is 29.7 Å². The Hall–Kier alpha value is -2.85. The molecule has 3 nitrogen and oxygen atoms in total. The summed E-state index contributed by atoms with van der Waals surface area (Å²) in [5.41, 5.74) is 0. The van der Waals surface area contributed by atoms with E-state index >= 15 is 0 Å². The molecule has 1 saturated heterocycles. The molecule has 1 aliphatic rings. The molecule has 0 radical (unpaired) electrons. The highest BCUT2D eigenvalue weighted by molar-refractivity contribution is 7.11. The number of ether oxygens (including phenoxy) is 1. The van der Waals surface area contributed by atoms with Crippen LogP contribution in [0.5, 0.6) is 0 Å². The smallest absolute Gasteiger partial charge is 0.407 e. The lowest BCUT2D eigenvalue weighted by Crippen LogP contribution is -2.68. The zero-order chi connectivity index (χ0) is 17.8. The third kappa shape index (κ3) is 3.04. The quantitative estimate of drug-likeness (QED) is 0.561. The molecule has 1 heterocycles. The van der Waals surface area contributed by atoms with E-state index in [4.69, 9.17) is 4.74 Å². The third-order valence-corrected chi connectivity index (χ3v) is 10.2. The molecule has 0 aliphatic carbocycles. The van der Waals surface area contributed by atoms with E-state index in [9.17, 15) is 4.79 Å². The van der Waals surface area contributed by atoms with Crippen LogP contribution in [0, 0.1) is 0 Å². The largest absolute Gasteiger partial charge is 0.447 e. The minimum Gasteiger partial charge on any atom is -0.447 e. The molecule has 3 aromatic carbocycles. The molecule has 3 aromatic rings. The molecule has 0 unspecified atom stereocenters. The summed E-state index contributed by atoms with van der Waals surface area (Å²) in [4.78, 5) is 11.6. The van der Waals surface area contributed by atoms with Crippen molar-refractivity contribution in [1.82, 2.24) is 5.32 Å². The van der Waals surface area contributed by atoms with Gasteiger partial charge in [-0.1, -0.05) is 91.0 Å². The Morgan fingerprint density at radius 2 is 1.19 bits per heavy atom. The Morgan fingerprint density at radius 3 is 1.54 bits per heavy atom. The van der Waals surface area contributed by atoms with Crippen LogP contribution in [0.15, 0.2) is 91.0 Å². The maximum absolute atomic E-state index is 11.6. The molecule has 0 aromatic heterocycles. The summed E-state index contributed by atoms with van der Waals surface area (Å²) in [6.07, 6.45) is -0.313. The second-order valence-electron chi connectivity index (χ2n) is 6.65. The fourth-order valence-electron chi connectivity index (χ4n) is 3.93. The number of benzene rings is 3. The summed E-state index contributed by atoms with van der Waals surface area (Å²) in [7, 11) is -2.31. The van der Waals surface area contributed by atoms with Gasteiger partial charge >= 0.3 is 6.09 Å². The van der Waals surface area contributed by atoms with Crippen molar-refractivity contribution in [3.8, 4) is 0 Å². The van der Waals surface area contributed by atoms with Crippen LogP contribution in [0.2, 0.25) is 6.04 Å². The van der Waals surface area contributed by atoms with E-state index in [1.54, 1.807) is 0 Å².